The van der Waals surface area contributed by atoms with Crippen LogP contribution in [-0.4, -0.2) is 26.2 Å². The first kappa shape index (κ1) is 12.8. The first-order valence-electron chi connectivity index (χ1n) is 6.28. The Balaban J connectivity index is 2.16. The number of carbonyl (C=O) groups is 1. The van der Waals surface area contributed by atoms with Gasteiger partial charge in [0.2, 0.25) is 0 Å². The Bertz CT molecular complexity index is 466. The maximum Gasteiger partial charge on any atom is 0.330 e. The Morgan fingerprint density at radius 1 is 1.44 bits per heavy atom. The Kier molecular flexibility index (Phi) is 4.15. The van der Waals surface area contributed by atoms with Crippen LogP contribution in [-0.2, 0) is 22.4 Å². The van der Waals surface area contributed by atoms with E-state index in [0.717, 1.165) is 18.4 Å². The van der Waals surface area contributed by atoms with Crippen LogP contribution < -0.4 is 5.32 Å². The Hall–Kier alpha value is -1.61. The van der Waals surface area contributed by atoms with E-state index < -0.39 is 0 Å². The SMILES string of the molecule is CNC1CCc2ccc(/C=C/C(=O)OC)cc2C1. The first-order chi connectivity index (χ1) is 8.72. The van der Waals surface area contributed by atoms with Gasteiger partial charge >= 0.3 is 5.97 Å². The van der Waals surface area contributed by atoms with Crippen LogP contribution in [0.15, 0.2) is 24.3 Å². The second-order valence-corrected chi connectivity index (χ2v) is 4.61. The van der Waals surface area contributed by atoms with Gasteiger partial charge in [0, 0.05) is 12.1 Å². The monoisotopic (exact) mass is 245 g/mol. The molecule has 96 valence electrons. The van der Waals surface area contributed by atoms with Gasteiger partial charge in [-0.3, -0.25) is 0 Å². The number of likely N-dealkylation sites (N-methyl/N-ethyl adjacent to an activating group) is 1. The van der Waals surface area contributed by atoms with Gasteiger partial charge in [-0.05, 0) is 49.1 Å². The van der Waals surface area contributed by atoms with Crippen molar-refractivity contribution in [1.29, 1.82) is 0 Å². The third-order valence-corrected chi connectivity index (χ3v) is 3.48. The van der Waals surface area contributed by atoms with Crippen molar-refractivity contribution in [2.45, 2.75) is 25.3 Å². The highest BCUT2D eigenvalue weighted by molar-refractivity contribution is 5.86. The molecule has 18 heavy (non-hydrogen) atoms. The number of nitrogens with one attached hydrogen (secondary N) is 1. The van der Waals surface area contributed by atoms with Gasteiger partial charge in [0.15, 0.2) is 0 Å². The molecule has 0 radical (unpaired) electrons. The van der Waals surface area contributed by atoms with Crippen LogP contribution in [0.2, 0.25) is 0 Å². The number of carbonyl (C=O) groups excluding carboxylic acids is 1. The molecule has 0 fully saturated rings. The summed E-state index contributed by atoms with van der Waals surface area (Å²) in [6.07, 6.45) is 6.64. The predicted molar refractivity (Wildman–Crippen MR) is 72.4 cm³/mol. The largest absolute Gasteiger partial charge is 0.466 e. The van der Waals surface area contributed by atoms with E-state index in [1.807, 2.05) is 7.05 Å². The maximum atomic E-state index is 11.1. The fourth-order valence-electron chi connectivity index (χ4n) is 2.36. The van der Waals surface area contributed by atoms with E-state index in [-0.39, 0.29) is 5.97 Å². The lowest BCUT2D eigenvalue weighted by Gasteiger charge is -2.24. The number of esters is 1. The minimum absolute atomic E-state index is 0.319. The second-order valence-electron chi connectivity index (χ2n) is 4.61. The zero-order chi connectivity index (χ0) is 13.0. The number of ether oxygens (including phenoxy) is 1. The number of aryl methyl sites for hydroxylation is 1. The third-order valence-electron chi connectivity index (χ3n) is 3.48. The fourth-order valence-corrected chi connectivity index (χ4v) is 2.36. The molecule has 0 saturated heterocycles. The van der Waals surface area contributed by atoms with Crippen LogP contribution in [0.25, 0.3) is 6.08 Å². The smallest absolute Gasteiger partial charge is 0.330 e. The second kappa shape index (κ2) is 5.83. The van der Waals surface area contributed by atoms with Gasteiger partial charge in [-0.15, -0.1) is 0 Å². The lowest BCUT2D eigenvalue weighted by molar-refractivity contribution is -0.134. The molecule has 1 unspecified atom stereocenters. The van der Waals surface area contributed by atoms with Crippen LogP contribution >= 0.6 is 0 Å². The number of benzene rings is 1. The topological polar surface area (TPSA) is 38.3 Å². The van der Waals surface area contributed by atoms with Crippen LogP contribution in [0.5, 0.6) is 0 Å². The molecule has 1 aromatic rings. The lowest BCUT2D eigenvalue weighted by atomic mass is 9.87. The zero-order valence-electron chi connectivity index (χ0n) is 10.9. The molecule has 1 aliphatic rings. The summed E-state index contributed by atoms with van der Waals surface area (Å²) >= 11 is 0. The van der Waals surface area contributed by atoms with E-state index in [0.29, 0.717) is 6.04 Å². The van der Waals surface area contributed by atoms with Crippen molar-refractivity contribution in [3.63, 3.8) is 0 Å². The summed E-state index contributed by atoms with van der Waals surface area (Å²) < 4.78 is 4.58. The maximum absolute atomic E-state index is 11.1. The summed E-state index contributed by atoms with van der Waals surface area (Å²) in [6, 6.07) is 6.95. The van der Waals surface area contributed by atoms with Crippen LogP contribution in [0, 0.1) is 0 Å². The zero-order valence-corrected chi connectivity index (χ0v) is 10.9. The minimum Gasteiger partial charge on any atom is -0.466 e. The van der Waals surface area contributed by atoms with Crippen LogP contribution in [0.4, 0.5) is 0 Å². The highest BCUT2D eigenvalue weighted by Gasteiger charge is 2.16. The molecule has 2 rings (SSSR count). The molecule has 1 aromatic carbocycles. The number of fused-ring (bicyclic) bond motifs is 1. The summed E-state index contributed by atoms with van der Waals surface area (Å²) in [5, 5.41) is 3.33. The van der Waals surface area contributed by atoms with Gasteiger partial charge in [0.1, 0.15) is 0 Å². The molecule has 1 aliphatic carbocycles. The number of hydrogen-bond acceptors (Lipinski definition) is 3. The van der Waals surface area contributed by atoms with E-state index in [2.05, 4.69) is 28.3 Å². The Labute approximate surface area is 108 Å². The molecule has 1 N–H and O–H groups in total. The molecular weight excluding hydrogens is 226 g/mol. The van der Waals surface area contributed by atoms with Gasteiger partial charge < -0.3 is 10.1 Å². The molecule has 3 heteroatoms. The minimum atomic E-state index is -0.319. The molecule has 0 aromatic heterocycles. The molecule has 0 bridgehead atoms. The first-order valence-corrected chi connectivity index (χ1v) is 6.28. The Morgan fingerprint density at radius 3 is 3.00 bits per heavy atom. The normalized spacial score (nSPS) is 18.7. The van der Waals surface area contributed by atoms with Crippen LogP contribution in [0.1, 0.15) is 23.1 Å². The fraction of sp³-hybridized carbons (Fsp3) is 0.400. The van der Waals surface area contributed by atoms with Gasteiger partial charge in [0.05, 0.1) is 7.11 Å². The summed E-state index contributed by atoms with van der Waals surface area (Å²) in [5.74, 6) is -0.319. The molecule has 0 amide bonds. The van der Waals surface area contributed by atoms with Crippen molar-refractivity contribution < 1.29 is 9.53 Å². The highest BCUT2D eigenvalue weighted by Crippen LogP contribution is 2.23. The lowest BCUT2D eigenvalue weighted by Crippen LogP contribution is -2.31. The molecule has 0 saturated carbocycles. The number of hydrogen-bond donors (Lipinski definition) is 1. The molecule has 0 spiro atoms. The van der Waals surface area contributed by atoms with E-state index in [9.17, 15) is 4.79 Å². The average molecular weight is 245 g/mol. The van der Waals surface area contributed by atoms with Crippen molar-refractivity contribution >= 4 is 12.0 Å². The molecular formula is C15H19NO2. The van der Waals surface area contributed by atoms with Gasteiger partial charge in [-0.2, -0.15) is 0 Å². The van der Waals surface area contributed by atoms with Crippen LogP contribution in [0.3, 0.4) is 0 Å². The molecule has 0 heterocycles. The predicted octanol–water partition coefficient (Wildman–Crippen LogP) is 1.95. The molecule has 3 nitrogen and oxygen atoms in total. The summed E-state index contributed by atoms with van der Waals surface area (Å²) in [6.45, 7) is 0. The molecule has 1 atom stereocenters. The highest BCUT2D eigenvalue weighted by atomic mass is 16.5. The quantitative estimate of drug-likeness (QED) is 0.653. The standard InChI is InChI=1S/C15H19NO2/c1-16-14-7-6-12-5-3-11(9-13(12)10-14)4-8-15(17)18-2/h3-5,8-9,14,16H,6-7,10H2,1-2H3/b8-4+. The Morgan fingerprint density at radius 2 is 2.28 bits per heavy atom. The summed E-state index contributed by atoms with van der Waals surface area (Å²) in [5.41, 5.74) is 3.86. The third kappa shape index (κ3) is 2.99. The van der Waals surface area contributed by atoms with E-state index in [1.54, 1.807) is 6.08 Å². The molecule has 0 aliphatic heterocycles. The summed E-state index contributed by atoms with van der Waals surface area (Å²) in [4.78, 5) is 11.1. The van der Waals surface area contributed by atoms with E-state index in [4.69, 9.17) is 0 Å². The number of methoxy groups -OCH3 is 1. The van der Waals surface area contributed by atoms with Crippen molar-refractivity contribution in [3.8, 4) is 0 Å². The van der Waals surface area contributed by atoms with Gasteiger partial charge in [-0.1, -0.05) is 18.2 Å². The number of rotatable bonds is 3. The van der Waals surface area contributed by atoms with Gasteiger partial charge in [0.25, 0.3) is 0 Å². The van der Waals surface area contributed by atoms with Crippen molar-refractivity contribution in [2.24, 2.45) is 0 Å². The summed E-state index contributed by atoms with van der Waals surface area (Å²) in [7, 11) is 3.40. The average Bonchev–Trinajstić information content (AvgIpc) is 2.43. The van der Waals surface area contributed by atoms with Gasteiger partial charge in [-0.25, -0.2) is 4.79 Å². The van der Waals surface area contributed by atoms with Crippen molar-refractivity contribution in [1.82, 2.24) is 5.32 Å². The van der Waals surface area contributed by atoms with Crippen molar-refractivity contribution in [3.05, 3.63) is 41.0 Å². The van der Waals surface area contributed by atoms with E-state index in [1.165, 1.54) is 30.7 Å². The van der Waals surface area contributed by atoms with Crippen molar-refractivity contribution in [2.75, 3.05) is 14.2 Å². The van der Waals surface area contributed by atoms with E-state index >= 15 is 0 Å².